The van der Waals surface area contributed by atoms with Crippen LogP contribution >= 0.6 is 23.2 Å². The molecule has 27 heavy (non-hydrogen) atoms. The van der Waals surface area contributed by atoms with Gasteiger partial charge >= 0.3 is 5.97 Å². The monoisotopic (exact) mass is 400 g/mol. The van der Waals surface area contributed by atoms with Crippen molar-refractivity contribution in [3.63, 3.8) is 0 Å². The lowest BCUT2D eigenvalue weighted by Crippen LogP contribution is -2.33. The fourth-order valence-electron chi connectivity index (χ4n) is 3.71. The second-order valence-corrected chi connectivity index (χ2v) is 7.13. The van der Waals surface area contributed by atoms with Gasteiger partial charge in [0, 0.05) is 27.8 Å². The Kier molecular flexibility index (Phi) is 3.21. The molecule has 0 saturated carbocycles. The molecule has 0 amide bonds. The van der Waals surface area contributed by atoms with Crippen LogP contribution in [0.5, 0.6) is 23.0 Å². The first-order valence-corrected chi connectivity index (χ1v) is 8.74. The topological polar surface area (TPSA) is 76.0 Å². The molecule has 0 aliphatic carbocycles. The van der Waals surface area contributed by atoms with E-state index in [0.29, 0.717) is 27.3 Å². The first-order valence-electron chi connectivity index (χ1n) is 7.98. The van der Waals surface area contributed by atoms with Crippen molar-refractivity contribution < 1.29 is 24.5 Å². The Morgan fingerprint density at radius 3 is 2.44 bits per heavy atom. The van der Waals surface area contributed by atoms with Crippen molar-refractivity contribution in [2.24, 2.45) is 0 Å². The Bertz CT molecular complexity index is 1160. The zero-order valence-electron chi connectivity index (χ0n) is 13.5. The number of hydrogen-bond donors (Lipinski definition) is 2. The number of hydrogen-bond acceptors (Lipinski definition) is 5. The van der Waals surface area contributed by atoms with E-state index in [1.165, 1.54) is 18.2 Å². The molecule has 1 unspecified atom stereocenters. The Labute approximate surface area is 163 Å². The third kappa shape index (κ3) is 2.04. The molecular weight excluding hydrogens is 391 g/mol. The number of rotatable bonds is 0. The lowest BCUT2D eigenvalue weighted by atomic mass is 9.77. The van der Waals surface area contributed by atoms with Crippen LogP contribution in [0.15, 0.2) is 48.5 Å². The molecule has 2 N–H and O–H groups in total. The van der Waals surface area contributed by atoms with E-state index in [0.717, 1.165) is 0 Å². The Hall–Kier alpha value is -2.89. The van der Waals surface area contributed by atoms with E-state index in [4.69, 9.17) is 32.7 Å². The zero-order valence-corrected chi connectivity index (χ0v) is 15.0. The number of benzene rings is 3. The van der Waals surface area contributed by atoms with Crippen molar-refractivity contribution >= 4 is 29.2 Å². The average molecular weight is 401 g/mol. The predicted octanol–water partition coefficient (Wildman–Crippen LogP) is 4.97. The molecule has 134 valence electrons. The molecule has 5 rings (SSSR count). The molecule has 7 heteroatoms. The van der Waals surface area contributed by atoms with Gasteiger partial charge in [0.1, 0.15) is 22.3 Å². The third-order valence-electron chi connectivity index (χ3n) is 4.84. The molecular formula is C20H10Cl2O5. The largest absolute Gasteiger partial charge is 0.508 e. The Balaban J connectivity index is 1.93. The number of ether oxygens (including phenoxy) is 2. The van der Waals surface area contributed by atoms with Crippen LogP contribution in [0.3, 0.4) is 0 Å². The molecule has 0 saturated heterocycles. The van der Waals surface area contributed by atoms with Crippen molar-refractivity contribution in [1.29, 1.82) is 0 Å². The standard InChI is InChI=1S/C20H10Cl2O5/c21-9-1-3-12-11(7-9)19(25)27-20(12)13-4-2-10(23)8-16(13)26-18-14(20)5-6-15(24)17(18)22/h1-8,23-24H. The fourth-order valence-corrected chi connectivity index (χ4v) is 4.08. The highest BCUT2D eigenvalue weighted by molar-refractivity contribution is 6.33. The summed E-state index contributed by atoms with van der Waals surface area (Å²) in [5.74, 6) is -0.307. The smallest absolute Gasteiger partial charge is 0.340 e. The van der Waals surface area contributed by atoms with Gasteiger partial charge < -0.3 is 19.7 Å². The summed E-state index contributed by atoms with van der Waals surface area (Å²) in [7, 11) is 0. The summed E-state index contributed by atoms with van der Waals surface area (Å²) >= 11 is 12.3. The molecule has 2 aliphatic rings. The third-order valence-corrected chi connectivity index (χ3v) is 5.44. The molecule has 3 aromatic carbocycles. The van der Waals surface area contributed by atoms with Crippen LogP contribution < -0.4 is 4.74 Å². The molecule has 5 nitrogen and oxygen atoms in total. The molecule has 3 aromatic rings. The molecule has 2 aliphatic heterocycles. The summed E-state index contributed by atoms with van der Waals surface area (Å²) < 4.78 is 11.8. The van der Waals surface area contributed by atoms with Crippen LogP contribution in [0.2, 0.25) is 10.0 Å². The molecule has 0 radical (unpaired) electrons. The molecule has 0 fully saturated rings. The highest BCUT2D eigenvalue weighted by atomic mass is 35.5. The number of fused-ring (bicyclic) bond motifs is 6. The van der Waals surface area contributed by atoms with Crippen molar-refractivity contribution in [3.8, 4) is 23.0 Å². The van der Waals surface area contributed by atoms with Gasteiger partial charge in [-0.15, -0.1) is 0 Å². The number of phenols is 2. The van der Waals surface area contributed by atoms with E-state index in [9.17, 15) is 15.0 Å². The van der Waals surface area contributed by atoms with Gasteiger partial charge in [0.15, 0.2) is 11.4 Å². The van der Waals surface area contributed by atoms with Crippen LogP contribution in [-0.4, -0.2) is 16.2 Å². The van der Waals surface area contributed by atoms with Crippen LogP contribution in [-0.2, 0) is 10.3 Å². The van der Waals surface area contributed by atoms with E-state index in [-0.39, 0.29) is 28.0 Å². The number of carbonyl (C=O) groups is 1. The summed E-state index contributed by atoms with van der Waals surface area (Å²) in [4.78, 5) is 12.7. The number of carbonyl (C=O) groups excluding carboxylic acids is 1. The predicted molar refractivity (Wildman–Crippen MR) is 98.0 cm³/mol. The first kappa shape index (κ1) is 16.3. The van der Waals surface area contributed by atoms with Crippen LogP contribution in [0.25, 0.3) is 0 Å². The lowest BCUT2D eigenvalue weighted by Gasteiger charge is -2.36. The maximum absolute atomic E-state index is 12.7. The van der Waals surface area contributed by atoms with E-state index >= 15 is 0 Å². The average Bonchev–Trinajstić information content (AvgIpc) is 2.91. The highest BCUT2D eigenvalue weighted by Gasteiger charge is 2.54. The van der Waals surface area contributed by atoms with Crippen LogP contribution in [0, 0.1) is 0 Å². The number of halogens is 2. The molecule has 2 heterocycles. The van der Waals surface area contributed by atoms with E-state index in [1.54, 1.807) is 30.3 Å². The number of esters is 1. The SMILES string of the molecule is O=C1OC2(c3ccc(O)cc3Oc3c2ccc(O)c3Cl)c2ccc(Cl)cc21. The summed E-state index contributed by atoms with van der Waals surface area (Å²) in [6.45, 7) is 0. The number of phenolic OH excluding ortho intramolecular Hbond substituents is 2. The minimum absolute atomic E-state index is 0.0145. The Morgan fingerprint density at radius 2 is 1.63 bits per heavy atom. The maximum Gasteiger partial charge on any atom is 0.340 e. The van der Waals surface area contributed by atoms with Gasteiger partial charge in [-0.05, 0) is 36.4 Å². The molecule has 1 atom stereocenters. The van der Waals surface area contributed by atoms with Gasteiger partial charge in [0.05, 0.1) is 5.56 Å². The Morgan fingerprint density at radius 1 is 0.889 bits per heavy atom. The van der Waals surface area contributed by atoms with Gasteiger partial charge in [0.2, 0.25) is 0 Å². The van der Waals surface area contributed by atoms with Gasteiger partial charge in [0.25, 0.3) is 0 Å². The van der Waals surface area contributed by atoms with Gasteiger partial charge in [-0.3, -0.25) is 0 Å². The summed E-state index contributed by atoms with van der Waals surface area (Å²) in [6.07, 6.45) is 0. The summed E-state index contributed by atoms with van der Waals surface area (Å²) in [5, 5.41) is 20.3. The van der Waals surface area contributed by atoms with E-state index < -0.39 is 11.6 Å². The molecule has 0 aromatic heterocycles. The zero-order chi connectivity index (χ0) is 18.9. The van der Waals surface area contributed by atoms with Gasteiger partial charge in [-0.2, -0.15) is 0 Å². The van der Waals surface area contributed by atoms with Gasteiger partial charge in [-0.25, -0.2) is 4.79 Å². The summed E-state index contributed by atoms with van der Waals surface area (Å²) in [5.41, 5.74) is 0.584. The second kappa shape index (κ2) is 5.31. The van der Waals surface area contributed by atoms with Crippen LogP contribution in [0.4, 0.5) is 0 Å². The lowest BCUT2D eigenvalue weighted by molar-refractivity contribution is 0.0224. The van der Waals surface area contributed by atoms with Crippen LogP contribution in [0.1, 0.15) is 27.0 Å². The fraction of sp³-hybridized carbons (Fsp3) is 0.0500. The van der Waals surface area contributed by atoms with Crippen molar-refractivity contribution in [2.75, 3.05) is 0 Å². The van der Waals surface area contributed by atoms with Gasteiger partial charge in [-0.1, -0.05) is 29.3 Å². The van der Waals surface area contributed by atoms with Crippen molar-refractivity contribution in [3.05, 3.63) is 80.8 Å². The highest BCUT2D eigenvalue weighted by Crippen LogP contribution is 2.59. The molecule has 0 bridgehead atoms. The normalized spacial score (nSPS) is 19.1. The van der Waals surface area contributed by atoms with Crippen molar-refractivity contribution in [1.82, 2.24) is 0 Å². The minimum atomic E-state index is -1.33. The first-order chi connectivity index (χ1) is 12.9. The minimum Gasteiger partial charge on any atom is -0.508 e. The quantitative estimate of drug-likeness (QED) is 0.520. The summed E-state index contributed by atoms with van der Waals surface area (Å²) in [6, 6.07) is 12.5. The van der Waals surface area contributed by atoms with E-state index in [1.807, 2.05) is 0 Å². The molecule has 1 spiro atoms. The second-order valence-electron chi connectivity index (χ2n) is 6.32. The number of aromatic hydroxyl groups is 2. The van der Waals surface area contributed by atoms with E-state index in [2.05, 4.69) is 0 Å². The van der Waals surface area contributed by atoms with Crippen molar-refractivity contribution in [2.45, 2.75) is 5.60 Å². The maximum atomic E-state index is 12.7.